The number of nitrogens with zero attached hydrogens (tertiary/aromatic N) is 1. The fourth-order valence-corrected chi connectivity index (χ4v) is 2.74. The molecule has 3 atom stereocenters. The largest absolute Gasteiger partial charge is 0.396 e. The third-order valence-corrected chi connectivity index (χ3v) is 3.76. The third kappa shape index (κ3) is 2.88. The van der Waals surface area contributed by atoms with Gasteiger partial charge in [0, 0.05) is 24.8 Å². The molecule has 1 aromatic heterocycles. The first-order chi connectivity index (χ1) is 9.06. The Labute approximate surface area is 117 Å². The molecule has 1 saturated carbocycles. The lowest BCUT2D eigenvalue weighted by Gasteiger charge is -2.13. The van der Waals surface area contributed by atoms with Gasteiger partial charge in [-0.05, 0) is 23.9 Å². The van der Waals surface area contributed by atoms with Gasteiger partial charge in [-0.2, -0.15) is 0 Å². The summed E-state index contributed by atoms with van der Waals surface area (Å²) in [6.07, 6.45) is 3.32. The summed E-state index contributed by atoms with van der Waals surface area (Å²) in [6.45, 7) is -0.107. The monoisotopic (exact) mass is 330 g/mol. The Hall–Kier alpha value is -1.18. The lowest BCUT2D eigenvalue weighted by atomic mass is 10.1. The maximum absolute atomic E-state index is 11.8. The van der Waals surface area contributed by atoms with Crippen LogP contribution >= 0.6 is 15.9 Å². The lowest BCUT2D eigenvalue weighted by Crippen LogP contribution is -2.32. The van der Waals surface area contributed by atoms with Crippen molar-refractivity contribution in [2.24, 2.45) is 5.92 Å². The fraction of sp³-hybridized carbons (Fsp3) is 0.500. The number of aliphatic hydroxyl groups excluding tert-OH is 2. The number of hydrogen-bond acceptors (Lipinski definition) is 4. The Balaban J connectivity index is 2.38. The number of aliphatic hydroxyl groups is 2. The maximum Gasteiger partial charge on any atom is 0.328 e. The molecule has 0 spiro atoms. The predicted molar refractivity (Wildman–Crippen MR) is 74.1 cm³/mol. The number of H-pyrrole nitrogens is 1. The van der Waals surface area contributed by atoms with Gasteiger partial charge in [0.25, 0.3) is 5.56 Å². The molecule has 0 saturated heterocycles. The van der Waals surface area contributed by atoms with Crippen LogP contribution < -0.4 is 11.2 Å². The van der Waals surface area contributed by atoms with Gasteiger partial charge in [0.2, 0.25) is 0 Å². The fourth-order valence-electron chi connectivity index (χ4n) is 2.46. The highest BCUT2D eigenvalue weighted by Crippen LogP contribution is 2.33. The minimum absolute atomic E-state index is 0.107. The van der Waals surface area contributed by atoms with Crippen LogP contribution in [0, 0.1) is 5.92 Å². The molecular formula is C12H15BrN2O4. The van der Waals surface area contributed by atoms with E-state index in [-0.39, 0.29) is 18.6 Å². The molecule has 0 amide bonds. The van der Waals surface area contributed by atoms with Crippen LogP contribution in [0.1, 0.15) is 24.4 Å². The molecule has 3 N–H and O–H groups in total. The molecule has 2 rings (SSSR count). The number of rotatable bonds is 3. The normalized spacial score (nSPS) is 27.2. The van der Waals surface area contributed by atoms with Gasteiger partial charge in [-0.1, -0.05) is 15.9 Å². The van der Waals surface area contributed by atoms with Crippen molar-refractivity contribution in [2.45, 2.75) is 25.0 Å². The first-order valence-electron chi connectivity index (χ1n) is 5.98. The van der Waals surface area contributed by atoms with Gasteiger partial charge in [0.05, 0.1) is 11.7 Å². The van der Waals surface area contributed by atoms with Crippen LogP contribution in [0.4, 0.5) is 0 Å². The van der Waals surface area contributed by atoms with Crippen molar-refractivity contribution in [1.82, 2.24) is 9.55 Å². The van der Waals surface area contributed by atoms with Gasteiger partial charge in [0.15, 0.2) is 0 Å². The number of hydrogen-bond donors (Lipinski definition) is 3. The molecule has 1 heterocycles. The topological polar surface area (TPSA) is 95.3 Å². The second kappa shape index (κ2) is 5.85. The summed E-state index contributed by atoms with van der Waals surface area (Å²) in [4.78, 5) is 27.2. The summed E-state index contributed by atoms with van der Waals surface area (Å²) >= 11 is 3.08. The average Bonchev–Trinajstić information content (AvgIpc) is 2.74. The Kier molecular flexibility index (Phi) is 4.38. The van der Waals surface area contributed by atoms with E-state index < -0.39 is 17.4 Å². The van der Waals surface area contributed by atoms with Crippen molar-refractivity contribution in [1.29, 1.82) is 0 Å². The van der Waals surface area contributed by atoms with Crippen molar-refractivity contribution in [3.05, 3.63) is 37.6 Å². The maximum atomic E-state index is 11.8. The van der Waals surface area contributed by atoms with Crippen LogP contribution in [0.25, 0.3) is 6.08 Å². The zero-order chi connectivity index (χ0) is 14.0. The highest BCUT2D eigenvalue weighted by atomic mass is 79.9. The van der Waals surface area contributed by atoms with Crippen molar-refractivity contribution in [2.75, 3.05) is 6.61 Å². The Morgan fingerprint density at radius 1 is 1.47 bits per heavy atom. The predicted octanol–water partition coefficient (Wildman–Crippen LogP) is 0.207. The SMILES string of the molecule is O=c1[nH]c(=O)n([C@@H]2C[C@H](CO)[C@H](O)C2)cc1C=CBr. The molecule has 19 heavy (non-hydrogen) atoms. The van der Waals surface area contributed by atoms with Gasteiger partial charge < -0.3 is 10.2 Å². The molecule has 1 fully saturated rings. The van der Waals surface area contributed by atoms with Crippen LogP contribution in [-0.4, -0.2) is 32.5 Å². The first kappa shape index (κ1) is 14.2. The number of aromatic amines is 1. The van der Waals surface area contributed by atoms with Crippen molar-refractivity contribution in [3.63, 3.8) is 0 Å². The van der Waals surface area contributed by atoms with E-state index in [1.165, 1.54) is 15.7 Å². The molecule has 1 aliphatic carbocycles. The molecule has 0 radical (unpaired) electrons. The summed E-state index contributed by atoms with van der Waals surface area (Å²) < 4.78 is 1.42. The van der Waals surface area contributed by atoms with Gasteiger partial charge >= 0.3 is 5.69 Å². The summed E-state index contributed by atoms with van der Waals surface area (Å²) in [5.41, 5.74) is -0.583. The smallest absolute Gasteiger partial charge is 0.328 e. The Bertz CT molecular complexity index is 592. The minimum atomic E-state index is -0.621. The molecule has 0 unspecified atom stereocenters. The molecule has 1 aromatic rings. The molecular weight excluding hydrogens is 316 g/mol. The number of halogens is 1. The summed E-state index contributed by atoms with van der Waals surface area (Å²) in [5, 5.41) is 18.9. The van der Waals surface area contributed by atoms with E-state index in [1.807, 2.05) is 0 Å². The van der Waals surface area contributed by atoms with E-state index in [9.17, 15) is 14.7 Å². The lowest BCUT2D eigenvalue weighted by molar-refractivity contribution is 0.0906. The van der Waals surface area contributed by atoms with Crippen LogP contribution in [-0.2, 0) is 0 Å². The van der Waals surface area contributed by atoms with Crippen LogP contribution in [0.5, 0.6) is 0 Å². The highest BCUT2D eigenvalue weighted by Gasteiger charge is 2.34. The van der Waals surface area contributed by atoms with Gasteiger partial charge in [-0.3, -0.25) is 14.3 Å². The minimum Gasteiger partial charge on any atom is -0.396 e. The first-order valence-corrected chi connectivity index (χ1v) is 6.89. The van der Waals surface area contributed by atoms with E-state index in [4.69, 9.17) is 5.11 Å². The van der Waals surface area contributed by atoms with E-state index in [0.717, 1.165) is 0 Å². The van der Waals surface area contributed by atoms with Crippen LogP contribution in [0.15, 0.2) is 20.8 Å². The van der Waals surface area contributed by atoms with E-state index >= 15 is 0 Å². The quantitative estimate of drug-likeness (QED) is 0.738. The molecule has 1 aliphatic rings. The second-order valence-electron chi connectivity index (χ2n) is 4.68. The second-order valence-corrected chi connectivity index (χ2v) is 5.21. The third-order valence-electron chi connectivity index (χ3n) is 3.50. The summed E-state index contributed by atoms with van der Waals surface area (Å²) in [5.74, 6) is -0.223. The Morgan fingerprint density at radius 2 is 2.21 bits per heavy atom. The summed E-state index contributed by atoms with van der Waals surface area (Å²) in [6, 6.07) is -0.209. The number of aromatic nitrogens is 2. The van der Waals surface area contributed by atoms with Crippen LogP contribution in [0.3, 0.4) is 0 Å². The van der Waals surface area contributed by atoms with Crippen molar-refractivity contribution >= 4 is 22.0 Å². The zero-order valence-electron chi connectivity index (χ0n) is 10.1. The van der Waals surface area contributed by atoms with Crippen molar-refractivity contribution < 1.29 is 10.2 Å². The van der Waals surface area contributed by atoms with Gasteiger partial charge in [0.1, 0.15) is 0 Å². The summed E-state index contributed by atoms with van der Waals surface area (Å²) in [7, 11) is 0. The van der Waals surface area contributed by atoms with E-state index in [1.54, 1.807) is 6.08 Å². The number of nitrogens with one attached hydrogen (secondary N) is 1. The highest BCUT2D eigenvalue weighted by molar-refractivity contribution is 9.11. The Morgan fingerprint density at radius 3 is 2.79 bits per heavy atom. The van der Waals surface area contributed by atoms with Gasteiger partial charge in [-0.25, -0.2) is 4.79 Å². The average molecular weight is 331 g/mol. The van der Waals surface area contributed by atoms with Crippen LogP contribution in [0.2, 0.25) is 0 Å². The van der Waals surface area contributed by atoms with E-state index in [0.29, 0.717) is 18.4 Å². The molecule has 0 bridgehead atoms. The molecule has 104 valence electrons. The standard InChI is InChI=1S/C12H15BrN2O4/c13-2-1-7-5-15(12(19)14-11(7)18)9-3-8(6-16)10(17)4-9/h1-2,5,8-10,16-17H,3-4,6H2,(H,14,18,19)/t8-,9-,10-/m1/s1. The molecule has 0 aromatic carbocycles. The molecule has 0 aliphatic heterocycles. The molecule has 7 heteroatoms. The zero-order valence-corrected chi connectivity index (χ0v) is 11.7. The van der Waals surface area contributed by atoms with Crippen molar-refractivity contribution in [3.8, 4) is 0 Å². The van der Waals surface area contributed by atoms with E-state index in [2.05, 4.69) is 20.9 Å². The molecule has 6 nitrogen and oxygen atoms in total. The van der Waals surface area contributed by atoms with Gasteiger partial charge in [-0.15, -0.1) is 0 Å².